The van der Waals surface area contributed by atoms with Crippen LogP contribution in [-0.2, 0) is 13.0 Å². The van der Waals surface area contributed by atoms with Gasteiger partial charge in [0.1, 0.15) is 5.82 Å². The second-order valence-electron chi connectivity index (χ2n) is 6.27. The summed E-state index contributed by atoms with van der Waals surface area (Å²) in [5.74, 6) is 1.61. The maximum Gasteiger partial charge on any atom is 0.229 e. The van der Waals surface area contributed by atoms with Crippen LogP contribution in [0.15, 0.2) is 59.1 Å². The largest absolute Gasteiger partial charge is 0.352 e. The Morgan fingerprint density at radius 3 is 2.68 bits per heavy atom. The second-order valence-corrected chi connectivity index (χ2v) is 7.18. The van der Waals surface area contributed by atoms with Crippen LogP contribution in [0.3, 0.4) is 0 Å². The third-order valence-corrected chi connectivity index (χ3v) is 4.87. The molecule has 0 bridgehead atoms. The molecule has 0 fully saturated rings. The van der Waals surface area contributed by atoms with Gasteiger partial charge in [0.2, 0.25) is 5.95 Å². The summed E-state index contributed by atoms with van der Waals surface area (Å²) in [4.78, 5) is 11.6. The molecular weight excluding hydrogens is 376 g/mol. The van der Waals surface area contributed by atoms with Gasteiger partial charge in [-0.1, -0.05) is 40.2 Å². The first-order valence-corrected chi connectivity index (χ1v) is 9.17. The Kier molecular flexibility index (Phi) is 4.40. The molecule has 0 amide bonds. The lowest BCUT2D eigenvalue weighted by molar-refractivity contribution is 0.718. The number of aromatic nitrogens is 2. The Morgan fingerprint density at radius 1 is 1.00 bits per heavy atom. The Balaban J connectivity index is 1.60. The number of hydrogen-bond donors (Lipinski definition) is 1. The Hall–Kier alpha value is -2.40. The number of para-hydroxylation sites is 1. The maximum absolute atomic E-state index is 4.74. The minimum absolute atomic E-state index is 0.640. The van der Waals surface area contributed by atoms with Crippen LogP contribution in [0, 0.1) is 6.92 Å². The van der Waals surface area contributed by atoms with E-state index in [1.54, 1.807) is 0 Å². The number of nitrogens with one attached hydrogen (secondary N) is 1. The smallest absolute Gasteiger partial charge is 0.229 e. The van der Waals surface area contributed by atoms with Gasteiger partial charge in [0.15, 0.2) is 0 Å². The highest BCUT2D eigenvalue weighted by Crippen LogP contribution is 2.27. The van der Waals surface area contributed by atoms with Crippen molar-refractivity contribution in [2.24, 2.45) is 0 Å². The SMILES string of the molecule is Cc1cc(N2CCc3ccc(Br)cc3C2)nc(Nc2ccccc2)n1. The number of aryl methyl sites for hydroxylation is 1. The number of nitrogens with zero attached hydrogens (tertiary/aromatic N) is 3. The molecule has 1 aromatic heterocycles. The molecule has 0 saturated heterocycles. The van der Waals surface area contributed by atoms with Crippen molar-refractivity contribution in [1.29, 1.82) is 0 Å². The van der Waals surface area contributed by atoms with E-state index >= 15 is 0 Å². The van der Waals surface area contributed by atoms with Gasteiger partial charge in [-0.15, -0.1) is 0 Å². The van der Waals surface area contributed by atoms with E-state index in [4.69, 9.17) is 4.98 Å². The van der Waals surface area contributed by atoms with E-state index in [0.717, 1.165) is 41.2 Å². The minimum Gasteiger partial charge on any atom is -0.352 e. The van der Waals surface area contributed by atoms with Crippen LogP contribution >= 0.6 is 15.9 Å². The van der Waals surface area contributed by atoms with Crippen LogP contribution in [-0.4, -0.2) is 16.5 Å². The van der Waals surface area contributed by atoms with Crippen LogP contribution in [0.1, 0.15) is 16.8 Å². The van der Waals surface area contributed by atoms with Crippen LogP contribution < -0.4 is 10.2 Å². The van der Waals surface area contributed by atoms with E-state index in [0.29, 0.717) is 5.95 Å². The van der Waals surface area contributed by atoms with Crippen molar-refractivity contribution in [3.8, 4) is 0 Å². The topological polar surface area (TPSA) is 41.1 Å². The summed E-state index contributed by atoms with van der Waals surface area (Å²) in [5, 5.41) is 3.30. The average molecular weight is 395 g/mol. The fraction of sp³-hybridized carbons (Fsp3) is 0.200. The first-order chi connectivity index (χ1) is 12.2. The van der Waals surface area contributed by atoms with Crippen molar-refractivity contribution in [3.63, 3.8) is 0 Å². The fourth-order valence-corrected chi connectivity index (χ4v) is 3.55. The molecule has 5 heteroatoms. The zero-order valence-corrected chi connectivity index (χ0v) is 15.6. The lowest BCUT2D eigenvalue weighted by Crippen LogP contribution is -2.31. The number of anilines is 3. The lowest BCUT2D eigenvalue weighted by atomic mass is 10.00. The molecule has 126 valence electrons. The van der Waals surface area contributed by atoms with Gasteiger partial charge >= 0.3 is 0 Å². The van der Waals surface area contributed by atoms with Gasteiger partial charge in [-0.2, -0.15) is 4.98 Å². The second kappa shape index (κ2) is 6.84. The predicted molar refractivity (Wildman–Crippen MR) is 105 cm³/mol. The number of halogens is 1. The number of hydrogen-bond acceptors (Lipinski definition) is 4. The van der Waals surface area contributed by atoms with Crippen molar-refractivity contribution < 1.29 is 0 Å². The summed E-state index contributed by atoms with van der Waals surface area (Å²) in [6.07, 6.45) is 1.03. The maximum atomic E-state index is 4.74. The minimum atomic E-state index is 0.640. The highest BCUT2D eigenvalue weighted by atomic mass is 79.9. The van der Waals surface area contributed by atoms with E-state index in [9.17, 15) is 0 Å². The molecule has 1 aliphatic rings. The van der Waals surface area contributed by atoms with Gasteiger partial charge in [0.05, 0.1) is 0 Å². The predicted octanol–water partition coefficient (Wildman–Crippen LogP) is 4.85. The molecule has 4 rings (SSSR count). The molecule has 1 aliphatic heterocycles. The van der Waals surface area contributed by atoms with Gasteiger partial charge in [0.25, 0.3) is 0 Å². The summed E-state index contributed by atoms with van der Waals surface area (Å²) >= 11 is 3.57. The fourth-order valence-electron chi connectivity index (χ4n) is 3.14. The van der Waals surface area contributed by atoms with E-state index in [2.05, 4.69) is 55.4 Å². The first-order valence-electron chi connectivity index (χ1n) is 8.37. The molecule has 0 radical (unpaired) electrons. The average Bonchev–Trinajstić information content (AvgIpc) is 2.61. The summed E-state index contributed by atoms with van der Waals surface area (Å²) < 4.78 is 1.12. The molecule has 0 aliphatic carbocycles. The summed E-state index contributed by atoms with van der Waals surface area (Å²) in [6, 6.07) is 18.6. The molecule has 2 heterocycles. The normalized spacial score (nSPS) is 13.4. The van der Waals surface area contributed by atoms with Gasteiger partial charge in [-0.25, -0.2) is 4.98 Å². The van der Waals surface area contributed by atoms with Crippen LogP contribution in [0.4, 0.5) is 17.5 Å². The molecular formula is C20H19BrN4. The Labute approximate surface area is 156 Å². The van der Waals surface area contributed by atoms with Crippen molar-refractivity contribution >= 4 is 33.4 Å². The highest BCUT2D eigenvalue weighted by Gasteiger charge is 2.18. The standard InChI is InChI=1S/C20H19BrN4/c1-14-11-19(24-20(22-14)23-18-5-3-2-4-6-18)25-10-9-15-7-8-17(21)12-16(15)13-25/h2-8,11-12H,9-10,13H2,1H3,(H,22,23,24). The summed E-state index contributed by atoms with van der Waals surface area (Å²) in [7, 11) is 0. The number of benzene rings is 2. The molecule has 2 aromatic carbocycles. The Bertz CT molecular complexity index is 895. The van der Waals surface area contributed by atoms with Crippen molar-refractivity contribution in [2.45, 2.75) is 19.9 Å². The molecule has 1 N–H and O–H groups in total. The van der Waals surface area contributed by atoms with Gasteiger partial charge < -0.3 is 10.2 Å². The van der Waals surface area contributed by atoms with E-state index in [1.807, 2.05) is 37.3 Å². The molecule has 0 unspecified atom stereocenters. The Morgan fingerprint density at radius 2 is 1.84 bits per heavy atom. The van der Waals surface area contributed by atoms with Gasteiger partial charge in [-0.05, 0) is 48.7 Å². The first kappa shape index (κ1) is 16.1. The zero-order valence-electron chi connectivity index (χ0n) is 14.0. The molecule has 0 saturated carbocycles. The molecule has 4 nitrogen and oxygen atoms in total. The van der Waals surface area contributed by atoms with Crippen molar-refractivity contribution in [3.05, 3.63) is 75.9 Å². The van der Waals surface area contributed by atoms with E-state index in [1.165, 1.54) is 11.1 Å². The molecule has 25 heavy (non-hydrogen) atoms. The van der Waals surface area contributed by atoms with Crippen LogP contribution in [0.2, 0.25) is 0 Å². The van der Waals surface area contributed by atoms with Crippen molar-refractivity contribution in [1.82, 2.24) is 9.97 Å². The molecule has 0 atom stereocenters. The lowest BCUT2D eigenvalue weighted by Gasteiger charge is -2.30. The third kappa shape index (κ3) is 3.66. The quantitative estimate of drug-likeness (QED) is 0.688. The van der Waals surface area contributed by atoms with E-state index in [-0.39, 0.29) is 0 Å². The van der Waals surface area contributed by atoms with Crippen LogP contribution in [0.25, 0.3) is 0 Å². The zero-order chi connectivity index (χ0) is 17.2. The summed E-state index contributed by atoms with van der Waals surface area (Å²) in [6.45, 7) is 3.85. The summed E-state index contributed by atoms with van der Waals surface area (Å²) in [5.41, 5.74) is 4.73. The molecule has 0 spiro atoms. The highest BCUT2D eigenvalue weighted by molar-refractivity contribution is 9.10. The number of rotatable bonds is 3. The number of fused-ring (bicyclic) bond motifs is 1. The van der Waals surface area contributed by atoms with Gasteiger partial charge in [-0.3, -0.25) is 0 Å². The molecule has 3 aromatic rings. The monoisotopic (exact) mass is 394 g/mol. The van der Waals surface area contributed by atoms with Gasteiger partial charge in [0, 0.05) is 35.0 Å². The van der Waals surface area contributed by atoms with Crippen LogP contribution in [0.5, 0.6) is 0 Å². The van der Waals surface area contributed by atoms with E-state index < -0.39 is 0 Å². The third-order valence-electron chi connectivity index (χ3n) is 4.38. The van der Waals surface area contributed by atoms with Crippen molar-refractivity contribution in [2.75, 3.05) is 16.8 Å².